The highest BCUT2D eigenvalue weighted by Gasteiger charge is 2.32. The number of ketones is 1. The SMILES string of the molecule is COc1ccc(C(=O)/C=C/C(=O)NC2CC(NC(=O)CN3CCN(c4ccc(C(=O)NC5CCC(Oc6ccc(C#N)c(Cl)c6)CC5)nn4)CC3)C2)cc1. The van der Waals surface area contributed by atoms with Gasteiger partial charge in [0, 0.05) is 62.0 Å². The first-order valence-electron chi connectivity index (χ1n) is 18.1. The van der Waals surface area contributed by atoms with Gasteiger partial charge in [0.2, 0.25) is 11.8 Å². The number of piperazine rings is 1. The number of amides is 3. The number of carbonyl (C=O) groups excluding carboxylic acids is 4. The summed E-state index contributed by atoms with van der Waals surface area (Å²) in [5.41, 5.74) is 1.13. The third-order valence-corrected chi connectivity index (χ3v) is 10.2. The zero-order valence-electron chi connectivity index (χ0n) is 30.0. The molecule has 0 radical (unpaired) electrons. The topological polar surface area (TPSA) is 179 Å². The molecule has 0 bridgehead atoms. The van der Waals surface area contributed by atoms with Crippen molar-refractivity contribution in [2.24, 2.45) is 0 Å². The lowest BCUT2D eigenvalue weighted by Gasteiger charge is -2.37. The van der Waals surface area contributed by atoms with Gasteiger partial charge in [-0.15, -0.1) is 10.2 Å². The van der Waals surface area contributed by atoms with Gasteiger partial charge >= 0.3 is 0 Å². The van der Waals surface area contributed by atoms with Gasteiger partial charge in [0.15, 0.2) is 17.3 Å². The molecular formula is C39H43ClN8O6. The molecule has 3 aliphatic rings. The molecule has 3 N–H and O–H groups in total. The zero-order valence-corrected chi connectivity index (χ0v) is 30.8. The van der Waals surface area contributed by atoms with Gasteiger partial charge in [0.05, 0.1) is 30.3 Å². The van der Waals surface area contributed by atoms with Crippen molar-refractivity contribution in [2.45, 2.75) is 62.8 Å². The van der Waals surface area contributed by atoms with E-state index < -0.39 is 0 Å². The number of hydrogen-bond acceptors (Lipinski definition) is 11. The monoisotopic (exact) mass is 754 g/mol. The van der Waals surface area contributed by atoms with Gasteiger partial charge in [-0.25, -0.2) is 0 Å². The van der Waals surface area contributed by atoms with Crippen molar-refractivity contribution < 1.29 is 28.7 Å². The first-order chi connectivity index (χ1) is 26.1. The van der Waals surface area contributed by atoms with Crippen LogP contribution in [0.4, 0.5) is 5.82 Å². The minimum absolute atomic E-state index is 0.00810. The highest BCUT2D eigenvalue weighted by Crippen LogP contribution is 2.27. The number of aromatic nitrogens is 2. The van der Waals surface area contributed by atoms with Crippen LogP contribution in [0.15, 0.2) is 66.7 Å². The van der Waals surface area contributed by atoms with Gasteiger partial charge in [0.25, 0.3) is 5.91 Å². The molecule has 0 spiro atoms. The van der Waals surface area contributed by atoms with Crippen molar-refractivity contribution in [1.29, 1.82) is 5.26 Å². The van der Waals surface area contributed by atoms with E-state index in [0.717, 1.165) is 25.7 Å². The Balaban J connectivity index is 0.840. The fraction of sp³-hybridized carbons (Fsp3) is 0.410. The first-order valence-corrected chi connectivity index (χ1v) is 18.5. The van der Waals surface area contributed by atoms with E-state index in [2.05, 4.69) is 35.9 Å². The normalized spacial score (nSPS) is 21.3. The van der Waals surface area contributed by atoms with Crippen molar-refractivity contribution in [3.05, 3.63) is 88.6 Å². The predicted molar refractivity (Wildman–Crippen MR) is 201 cm³/mol. The van der Waals surface area contributed by atoms with E-state index in [1.165, 1.54) is 12.2 Å². The van der Waals surface area contributed by atoms with Crippen LogP contribution in [0.25, 0.3) is 0 Å². The lowest BCUT2D eigenvalue weighted by atomic mass is 9.86. The molecule has 3 amide bonds. The van der Waals surface area contributed by atoms with Gasteiger partial charge in [-0.3, -0.25) is 24.1 Å². The molecule has 3 fully saturated rings. The second kappa shape index (κ2) is 18.0. The molecule has 0 atom stereocenters. The molecular weight excluding hydrogens is 712 g/mol. The highest BCUT2D eigenvalue weighted by atomic mass is 35.5. The Morgan fingerprint density at radius 3 is 2.20 bits per heavy atom. The summed E-state index contributed by atoms with van der Waals surface area (Å²) in [6, 6.07) is 17.2. The maximum Gasteiger partial charge on any atom is 0.272 e. The number of carbonyl (C=O) groups is 4. The van der Waals surface area contributed by atoms with Crippen molar-refractivity contribution in [2.75, 3.05) is 44.7 Å². The molecule has 1 aromatic heterocycles. The molecule has 1 saturated heterocycles. The van der Waals surface area contributed by atoms with E-state index >= 15 is 0 Å². The molecule has 6 rings (SSSR count). The van der Waals surface area contributed by atoms with Crippen LogP contribution in [0, 0.1) is 11.3 Å². The summed E-state index contributed by atoms with van der Waals surface area (Å²) < 4.78 is 11.1. The zero-order chi connectivity index (χ0) is 38.0. The third kappa shape index (κ3) is 10.3. The van der Waals surface area contributed by atoms with Crippen LogP contribution >= 0.6 is 11.6 Å². The van der Waals surface area contributed by atoms with Crippen LogP contribution in [-0.4, -0.2) is 103 Å². The fourth-order valence-electron chi connectivity index (χ4n) is 6.77. The molecule has 3 aromatic rings. The lowest BCUT2D eigenvalue weighted by Crippen LogP contribution is -2.56. The average molecular weight is 755 g/mol. The molecule has 2 saturated carbocycles. The maximum absolute atomic E-state index is 12.9. The van der Waals surface area contributed by atoms with Gasteiger partial charge in [-0.2, -0.15) is 5.26 Å². The number of methoxy groups -OCH3 is 1. The Kier molecular flexibility index (Phi) is 12.7. The van der Waals surface area contributed by atoms with Crippen molar-refractivity contribution in [3.8, 4) is 17.6 Å². The maximum atomic E-state index is 12.9. The number of ether oxygens (including phenoxy) is 2. The van der Waals surface area contributed by atoms with Crippen molar-refractivity contribution in [3.63, 3.8) is 0 Å². The van der Waals surface area contributed by atoms with E-state index in [4.69, 9.17) is 26.3 Å². The van der Waals surface area contributed by atoms with E-state index in [9.17, 15) is 19.2 Å². The van der Waals surface area contributed by atoms with Crippen molar-refractivity contribution >= 4 is 40.9 Å². The van der Waals surface area contributed by atoms with Crippen LogP contribution in [0.1, 0.15) is 64.9 Å². The number of anilines is 1. The third-order valence-electron chi connectivity index (χ3n) is 9.93. The fourth-order valence-corrected chi connectivity index (χ4v) is 6.98. The average Bonchev–Trinajstić information content (AvgIpc) is 3.17. The Bertz CT molecular complexity index is 1880. The largest absolute Gasteiger partial charge is 0.497 e. The Hall–Kier alpha value is -5.52. The number of halogens is 1. The smallest absolute Gasteiger partial charge is 0.272 e. The summed E-state index contributed by atoms with van der Waals surface area (Å²) >= 11 is 6.12. The molecule has 14 nitrogen and oxygen atoms in total. The number of nitrogens with one attached hydrogen (secondary N) is 3. The van der Waals surface area contributed by atoms with Crippen LogP contribution in [-0.2, 0) is 9.59 Å². The summed E-state index contributed by atoms with van der Waals surface area (Å²) in [7, 11) is 1.55. The molecule has 1 aliphatic heterocycles. The molecule has 2 aromatic carbocycles. The minimum Gasteiger partial charge on any atom is -0.497 e. The summed E-state index contributed by atoms with van der Waals surface area (Å²) in [6.45, 7) is 2.96. The first kappa shape index (κ1) is 38.2. The summed E-state index contributed by atoms with van der Waals surface area (Å²) in [5, 5.41) is 26.9. The van der Waals surface area contributed by atoms with Crippen molar-refractivity contribution in [1.82, 2.24) is 31.0 Å². The Morgan fingerprint density at radius 2 is 1.56 bits per heavy atom. The van der Waals surface area contributed by atoms with Gasteiger partial charge in [-0.1, -0.05) is 11.6 Å². The molecule has 0 unspecified atom stereocenters. The van der Waals surface area contributed by atoms with Crippen LogP contribution in [0.3, 0.4) is 0 Å². The number of benzene rings is 2. The standard InChI is InChI=1S/C39H43ClN8O6/c1-53-30-7-2-25(3-8-30)35(49)13-15-37(50)42-28-20-29(21-28)43-38(51)24-47-16-18-48(19-17-47)36-14-12-34(45-46-36)39(52)44-27-5-10-31(11-6-27)54-32-9-4-26(23-41)33(40)22-32/h2-4,7-9,12-15,22,27-29,31H,5-6,10-11,16-21,24H2,1H3,(H,42,50)(H,43,51)(H,44,52)/b15-13+. The highest BCUT2D eigenvalue weighted by molar-refractivity contribution is 6.31. The number of rotatable bonds is 13. The summed E-state index contributed by atoms with van der Waals surface area (Å²) in [4.78, 5) is 54.4. The van der Waals surface area contributed by atoms with E-state index in [1.807, 2.05) is 6.07 Å². The van der Waals surface area contributed by atoms with E-state index in [0.29, 0.717) is 72.5 Å². The molecule has 2 aliphatic carbocycles. The molecule has 15 heteroatoms. The van der Waals surface area contributed by atoms with Crippen LogP contribution in [0.2, 0.25) is 5.02 Å². The number of allylic oxidation sites excluding steroid dienone is 1. The van der Waals surface area contributed by atoms with Gasteiger partial charge in [-0.05, 0) is 93.1 Å². The predicted octanol–water partition coefficient (Wildman–Crippen LogP) is 3.45. The summed E-state index contributed by atoms with van der Waals surface area (Å²) in [5.74, 6) is 1.01. The summed E-state index contributed by atoms with van der Waals surface area (Å²) in [6.07, 6.45) is 6.84. The minimum atomic E-state index is -0.346. The Labute approximate surface area is 318 Å². The van der Waals surface area contributed by atoms with E-state index in [-0.39, 0.29) is 60.0 Å². The van der Waals surface area contributed by atoms with E-state index in [1.54, 1.807) is 61.7 Å². The second-order valence-electron chi connectivity index (χ2n) is 13.7. The molecule has 2 heterocycles. The number of hydrogen-bond donors (Lipinski definition) is 3. The molecule has 54 heavy (non-hydrogen) atoms. The number of nitrogens with zero attached hydrogens (tertiary/aromatic N) is 5. The molecule has 282 valence electrons. The Morgan fingerprint density at radius 1 is 0.852 bits per heavy atom. The second-order valence-corrected chi connectivity index (χ2v) is 14.1. The lowest BCUT2D eigenvalue weighted by molar-refractivity contribution is -0.123. The number of nitriles is 1. The van der Waals surface area contributed by atoms with Gasteiger partial charge < -0.3 is 30.3 Å². The van der Waals surface area contributed by atoms with Crippen LogP contribution < -0.4 is 30.3 Å². The van der Waals surface area contributed by atoms with Crippen LogP contribution in [0.5, 0.6) is 11.5 Å². The van der Waals surface area contributed by atoms with Gasteiger partial charge in [0.1, 0.15) is 17.6 Å². The quantitative estimate of drug-likeness (QED) is 0.172.